The van der Waals surface area contributed by atoms with E-state index in [0.29, 0.717) is 11.3 Å². The number of benzene rings is 1. The highest BCUT2D eigenvalue weighted by Gasteiger charge is 2.12. The summed E-state index contributed by atoms with van der Waals surface area (Å²) < 4.78 is 5.54. The molecular weight excluding hydrogens is 239 g/mol. The predicted molar refractivity (Wildman–Crippen MR) is 72.9 cm³/mol. The van der Waals surface area contributed by atoms with Crippen molar-refractivity contribution in [3.63, 3.8) is 0 Å². The Balaban J connectivity index is 2.33. The van der Waals surface area contributed by atoms with E-state index in [1.165, 1.54) is 0 Å². The summed E-state index contributed by atoms with van der Waals surface area (Å²) in [5.74, 6) is 0.535. The fourth-order valence-electron chi connectivity index (χ4n) is 1.97. The number of carbonyl (C=O) groups excluding carboxylic acids is 1. The first-order valence-corrected chi connectivity index (χ1v) is 5.91. The molecule has 1 aromatic heterocycles. The molecule has 2 aromatic rings. The fourth-order valence-corrected chi connectivity index (χ4v) is 1.97. The number of Topliss-reactive ketones (excluding diaryl/α,β-unsaturated/α-hetero) is 1. The highest BCUT2D eigenvalue weighted by molar-refractivity contribution is 6.24. The van der Waals surface area contributed by atoms with Gasteiger partial charge in [0.25, 0.3) is 0 Å². The molecule has 5 heteroatoms. The average Bonchev–Trinajstić information content (AvgIpc) is 2.38. The van der Waals surface area contributed by atoms with Crippen LogP contribution in [0.3, 0.4) is 0 Å². The van der Waals surface area contributed by atoms with Crippen molar-refractivity contribution in [1.29, 1.82) is 0 Å². The molecule has 0 saturated carbocycles. The van der Waals surface area contributed by atoms with Gasteiger partial charge >= 0.3 is 6.01 Å². The number of aromatic nitrogens is 2. The Morgan fingerprint density at radius 2 is 1.79 bits per heavy atom. The van der Waals surface area contributed by atoms with E-state index in [4.69, 9.17) is 12.6 Å². The maximum atomic E-state index is 11.7. The largest absolute Gasteiger partial charge is 0.424 e. The standard InChI is InChI=1S/C14H13BN2O2/c1-9-6-11(19-14-16-4-3-5-17-14)7-10(2)13(9)12(18)8-15/h3-7H,8H2,1-2H3. The lowest BCUT2D eigenvalue weighted by Gasteiger charge is -2.11. The molecule has 0 unspecified atom stereocenters. The maximum absolute atomic E-state index is 11.7. The van der Waals surface area contributed by atoms with Gasteiger partial charge in [0.2, 0.25) is 0 Å². The molecule has 0 amide bonds. The third-order valence-corrected chi connectivity index (χ3v) is 2.72. The summed E-state index contributed by atoms with van der Waals surface area (Å²) in [5.41, 5.74) is 2.33. The van der Waals surface area contributed by atoms with Gasteiger partial charge in [-0.1, -0.05) is 0 Å². The maximum Gasteiger partial charge on any atom is 0.321 e. The third kappa shape index (κ3) is 2.99. The Bertz CT molecular complexity index is 577. The highest BCUT2D eigenvalue weighted by atomic mass is 16.5. The van der Waals surface area contributed by atoms with Crippen molar-refractivity contribution in [3.8, 4) is 11.8 Å². The van der Waals surface area contributed by atoms with Gasteiger partial charge in [0.05, 0.1) is 7.85 Å². The zero-order valence-corrected chi connectivity index (χ0v) is 10.9. The monoisotopic (exact) mass is 252 g/mol. The Morgan fingerprint density at radius 3 is 2.32 bits per heavy atom. The lowest BCUT2D eigenvalue weighted by Crippen LogP contribution is -2.04. The van der Waals surface area contributed by atoms with Crippen LogP contribution in [0.4, 0.5) is 0 Å². The summed E-state index contributed by atoms with van der Waals surface area (Å²) in [6.07, 6.45) is 3.21. The second kappa shape index (κ2) is 5.65. The summed E-state index contributed by atoms with van der Waals surface area (Å²) in [6, 6.07) is 5.56. The first-order valence-electron chi connectivity index (χ1n) is 5.91. The fraction of sp³-hybridized carbons (Fsp3) is 0.214. The number of rotatable bonds is 4. The van der Waals surface area contributed by atoms with Crippen LogP contribution in [0.25, 0.3) is 0 Å². The normalized spacial score (nSPS) is 10.2. The second-order valence-electron chi connectivity index (χ2n) is 4.19. The van der Waals surface area contributed by atoms with E-state index in [2.05, 4.69) is 9.97 Å². The molecule has 0 bridgehead atoms. The van der Waals surface area contributed by atoms with Crippen LogP contribution >= 0.6 is 0 Å². The molecule has 0 N–H and O–H groups in total. The van der Waals surface area contributed by atoms with Crippen LogP contribution in [0.2, 0.25) is 6.32 Å². The molecular formula is C14H13BN2O2. The van der Waals surface area contributed by atoms with Crippen LogP contribution in [-0.2, 0) is 0 Å². The summed E-state index contributed by atoms with van der Waals surface area (Å²) >= 11 is 0. The Kier molecular flexibility index (Phi) is 3.95. The van der Waals surface area contributed by atoms with E-state index in [-0.39, 0.29) is 18.1 Å². The average molecular weight is 252 g/mol. The van der Waals surface area contributed by atoms with Gasteiger partial charge in [0.1, 0.15) is 5.75 Å². The molecule has 0 spiro atoms. The number of aryl methyl sites for hydroxylation is 2. The van der Waals surface area contributed by atoms with Crippen LogP contribution in [0.15, 0.2) is 30.6 Å². The Morgan fingerprint density at radius 1 is 1.21 bits per heavy atom. The van der Waals surface area contributed by atoms with Crippen molar-refractivity contribution in [2.75, 3.05) is 0 Å². The minimum atomic E-state index is -0.0717. The molecule has 2 rings (SSSR count). The summed E-state index contributed by atoms with van der Waals surface area (Å²) in [7, 11) is 5.40. The Hall–Kier alpha value is -2.17. The lowest BCUT2D eigenvalue weighted by atomic mass is 9.90. The van der Waals surface area contributed by atoms with Gasteiger partial charge in [-0.2, -0.15) is 0 Å². The first kappa shape index (κ1) is 13.3. The molecule has 0 aliphatic heterocycles. The molecule has 0 aliphatic carbocycles. The van der Waals surface area contributed by atoms with Crippen molar-refractivity contribution in [1.82, 2.24) is 9.97 Å². The summed E-state index contributed by atoms with van der Waals surface area (Å²) in [4.78, 5) is 19.7. The smallest absolute Gasteiger partial charge is 0.321 e. The molecule has 19 heavy (non-hydrogen) atoms. The number of hydrogen-bond acceptors (Lipinski definition) is 4. The second-order valence-corrected chi connectivity index (χ2v) is 4.19. The van der Waals surface area contributed by atoms with Crippen molar-refractivity contribution < 1.29 is 9.53 Å². The van der Waals surface area contributed by atoms with E-state index in [1.807, 2.05) is 13.8 Å². The minimum absolute atomic E-state index is 0.00365. The number of ketones is 1. The first-order chi connectivity index (χ1) is 9.11. The molecule has 0 fully saturated rings. The summed E-state index contributed by atoms with van der Waals surface area (Å²) in [6.45, 7) is 3.71. The summed E-state index contributed by atoms with van der Waals surface area (Å²) in [5, 5.41) is 0. The van der Waals surface area contributed by atoms with E-state index in [9.17, 15) is 4.79 Å². The van der Waals surface area contributed by atoms with Crippen molar-refractivity contribution in [2.45, 2.75) is 20.2 Å². The number of ether oxygens (including phenoxy) is 1. The SMILES string of the molecule is [B]CC(=O)c1c(C)cc(Oc2ncccn2)cc1C. The molecule has 0 aliphatic rings. The van der Waals surface area contributed by atoms with Gasteiger partial charge in [-0.25, -0.2) is 9.97 Å². The van der Waals surface area contributed by atoms with Crippen LogP contribution < -0.4 is 4.74 Å². The lowest BCUT2D eigenvalue weighted by molar-refractivity contribution is 0.101. The van der Waals surface area contributed by atoms with Gasteiger partial charge in [-0.15, -0.1) is 0 Å². The van der Waals surface area contributed by atoms with E-state index in [1.54, 1.807) is 30.6 Å². The minimum Gasteiger partial charge on any atom is -0.424 e. The van der Waals surface area contributed by atoms with Gasteiger partial charge in [-0.3, -0.25) is 4.79 Å². The predicted octanol–water partition coefficient (Wildman–Crippen LogP) is 2.66. The van der Waals surface area contributed by atoms with Crippen LogP contribution in [0.1, 0.15) is 21.5 Å². The van der Waals surface area contributed by atoms with Gasteiger partial charge in [-0.05, 0) is 49.5 Å². The third-order valence-electron chi connectivity index (χ3n) is 2.72. The van der Waals surface area contributed by atoms with E-state index in [0.717, 1.165) is 11.1 Å². The number of carbonyl (C=O) groups is 1. The van der Waals surface area contributed by atoms with Gasteiger partial charge < -0.3 is 4.74 Å². The van der Waals surface area contributed by atoms with Crippen LogP contribution in [-0.4, -0.2) is 23.6 Å². The molecule has 0 saturated heterocycles. The molecule has 1 heterocycles. The molecule has 0 atom stereocenters. The highest BCUT2D eigenvalue weighted by Crippen LogP contribution is 2.25. The topological polar surface area (TPSA) is 52.1 Å². The number of hydrogen-bond donors (Lipinski definition) is 0. The zero-order chi connectivity index (χ0) is 13.8. The zero-order valence-electron chi connectivity index (χ0n) is 10.9. The van der Waals surface area contributed by atoms with Crippen molar-refractivity contribution >= 4 is 13.6 Å². The van der Waals surface area contributed by atoms with Gasteiger partial charge in [0.15, 0.2) is 5.78 Å². The van der Waals surface area contributed by atoms with Crippen LogP contribution in [0, 0.1) is 13.8 Å². The number of nitrogens with zero attached hydrogens (tertiary/aromatic N) is 2. The molecule has 94 valence electrons. The van der Waals surface area contributed by atoms with E-state index >= 15 is 0 Å². The molecule has 1 aromatic carbocycles. The molecule has 2 radical (unpaired) electrons. The Labute approximate surface area is 113 Å². The quantitative estimate of drug-likeness (QED) is 0.620. The van der Waals surface area contributed by atoms with Crippen LogP contribution in [0.5, 0.6) is 11.8 Å². The molecule has 4 nitrogen and oxygen atoms in total. The van der Waals surface area contributed by atoms with Crippen molar-refractivity contribution in [2.24, 2.45) is 0 Å². The van der Waals surface area contributed by atoms with Gasteiger partial charge in [0, 0.05) is 18.0 Å². The van der Waals surface area contributed by atoms with Crippen molar-refractivity contribution in [3.05, 3.63) is 47.3 Å². The van der Waals surface area contributed by atoms with E-state index < -0.39 is 0 Å².